The molecule has 58 heavy (non-hydrogen) atoms. The zero-order valence-corrected chi connectivity index (χ0v) is 35.4. The number of nitrogens with zero attached hydrogens (tertiary/aromatic N) is 3. The molecule has 0 aliphatic carbocycles. The summed E-state index contributed by atoms with van der Waals surface area (Å²) < 4.78 is 91.8. The Labute approximate surface area is 342 Å². The molecule has 0 saturated carbocycles. The lowest BCUT2D eigenvalue weighted by Gasteiger charge is -2.31. The molecule has 0 aromatic carbocycles. The Hall–Kier alpha value is -3.70. The number of alkyl halides is 6. The number of hydrogen-bond acceptors (Lipinski definition) is 9. The van der Waals surface area contributed by atoms with Crippen LogP contribution >= 0.6 is 12.4 Å². The van der Waals surface area contributed by atoms with E-state index in [4.69, 9.17) is 9.47 Å². The van der Waals surface area contributed by atoms with E-state index in [1.165, 1.54) is 25.7 Å². The van der Waals surface area contributed by atoms with Crippen molar-refractivity contribution in [2.75, 3.05) is 45.9 Å². The van der Waals surface area contributed by atoms with Crippen LogP contribution in [-0.4, -0.2) is 78.2 Å². The number of ether oxygens (including phenoxy) is 2. The molecule has 4 rings (SSSR count). The smallest absolute Gasteiger partial charge is 0.416 e. The molecule has 330 valence electrons. The second-order valence-electron chi connectivity index (χ2n) is 16.4. The zero-order chi connectivity index (χ0) is 43.4. The van der Waals surface area contributed by atoms with Gasteiger partial charge in [-0.3, -0.25) is 9.59 Å². The van der Waals surface area contributed by atoms with E-state index < -0.39 is 65.0 Å². The van der Waals surface area contributed by atoms with Crippen LogP contribution < -0.4 is 16.4 Å². The van der Waals surface area contributed by atoms with Gasteiger partial charge in [-0.15, -0.1) is 12.4 Å². The van der Waals surface area contributed by atoms with Gasteiger partial charge >= 0.3 is 24.3 Å². The topological polar surface area (TPSA) is 129 Å². The van der Waals surface area contributed by atoms with Crippen molar-refractivity contribution in [2.45, 2.75) is 118 Å². The number of esters is 2. The molecule has 2 unspecified atom stereocenters. The van der Waals surface area contributed by atoms with Crippen LogP contribution in [0.15, 0.2) is 34.1 Å². The van der Waals surface area contributed by atoms with Crippen molar-refractivity contribution in [3.8, 4) is 0 Å². The molecule has 1 N–H and O–H groups in total. The summed E-state index contributed by atoms with van der Waals surface area (Å²) in [6.07, 6.45) is -4.36. The summed E-state index contributed by atoms with van der Waals surface area (Å²) in [5, 5.41) is 3.11. The molecule has 2 aliphatic heterocycles. The second kappa shape index (κ2) is 22.6. The fraction of sp³-hybridized carbons (Fsp3) is 0.675. The molecule has 2 saturated heterocycles. The fourth-order valence-electron chi connectivity index (χ4n) is 5.94. The number of nitrogens with one attached hydrogen (secondary N) is 1. The summed E-state index contributed by atoms with van der Waals surface area (Å²) in [6, 6.07) is -0.994. The maximum absolute atomic E-state index is 13.5. The van der Waals surface area contributed by atoms with Gasteiger partial charge in [0, 0.05) is 37.5 Å². The van der Waals surface area contributed by atoms with E-state index in [1.807, 2.05) is 41.5 Å². The summed E-state index contributed by atoms with van der Waals surface area (Å²) in [5.41, 5.74) is -4.94. The Morgan fingerprint density at radius 2 is 1.12 bits per heavy atom. The van der Waals surface area contributed by atoms with E-state index in [1.54, 1.807) is 13.8 Å². The average Bonchev–Trinajstić information content (AvgIpc) is 3.01. The number of rotatable bonds is 13. The highest BCUT2D eigenvalue weighted by Crippen LogP contribution is 2.35. The first-order chi connectivity index (χ1) is 26.3. The van der Waals surface area contributed by atoms with E-state index in [2.05, 4.69) is 10.2 Å². The average molecular weight is 857 g/mol. The van der Waals surface area contributed by atoms with E-state index in [9.17, 15) is 50.3 Å². The molecule has 4 heterocycles. The van der Waals surface area contributed by atoms with Gasteiger partial charge in [-0.25, -0.2) is 9.59 Å². The second-order valence-corrected chi connectivity index (χ2v) is 16.4. The van der Waals surface area contributed by atoms with Crippen LogP contribution in [0.25, 0.3) is 0 Å². The Bertz CT molecular complexity index is 1750. The lowest BCUT2D eigenvalue weighted by atomic mass is 9.87. The van der Waals surface area contributed by atoms with Gasteiger partial charge in [0.2, 0.25) is 0 Å². The van der Waals surface area contributed by atoms with Crippen LogP contribution in [0.1, 0.15) is 115 Å². The van der Waals surface area contributed by atoms with Gasteiger partial charge in [0.25, 0.3) is 11.1 Å². The van der Waals surface area contributed by atoms with Crippen LogP contribution in [0.5, 0.6) is 0 Å². The van der Waals surface area contributed by atoms with Crippen molar-refractivity contribution in [3.63, 3.8) is 0 Å². The van der Waals surface area contributed by atoms with Crippen molar-refractivity contribution in [2.24, 2.45) is 10.8 Å². The van der Waals surface area contributed by atoms with Crippen molar-refractivity contribution in [3.05, 3.63) is 67.5 Å². The number of carbonyl (C=O) groups excluding carboxylic acids is 3. The molecule has 0 bridgehead atoms. The molecule has 11 nitrogen and oxygen atoms in total. The molecule has 0 spiro atoms. The summed E-state index contributed by atoms with van der Waals surface area (Å²) in [5.74, 6) is -1.30. The molecule has 2 aromatic heterocycles. The minimum atomic E-state index is -4.76. The molecule has 2 aliphatic rings. The molecule has 2 fully saturated rings. The first-order valence-corrected chi connectivity index (χ1v) is 19.2. The first-order valence-electron chi connectivity index (χ1n) is 19.2. The first kappa shape index (κ1) is 52.3. The number of aldehydes is 1. The Morgan fingerprint density at radius 3 is 1.41 bits per heavy atom. The number of carbonyl (C=O) groups is 3. The van der Waals surface area contributed by atoms with Crippen molar-refractivity contribution >= 4 is 30.6 Å². The Balaban J connectivity index is 0.000000522. The predicted molar refractivity (Wildman–Crippen MR) is 210 cm³/mol. The van der Waals surface area contributed by atoms with Gasteiger partial charge in [0.15, 0.2) is 0 Å². The standard InChI is InChI=1S/C20H29F3N2O3.C17H22F3NO4.C3H7N.ClH/c1-5-28-18(27)16(12-19(2,3)4)25-13-14(7-10-24-8-6-9-24)15(11-17(25)26)20(21,22)23;1-5-25-15(24)13(9-16(2,3)4)21-10-11(6-7-22)12(8-14(21)23)17(18,19)20;1-2-4-3-1;/h11,13,16H,5-10,12H2,1-4H3;7-8,10,13H,5-6,9H2,1-4H3;4H,1-3H2;1H. The van der Waals surface area contributed by atoms with Crippen LogP contribution in [-0.2, 0) is 49.1 Å². The van der Waals surface area contributed by atoms with E-state index in [0.717, 1.165) is 34.8 Å². The van der Waals surface area contributed by atoms with Gasteiger partial charge in [-0.1, -0.05) is 41.5 Å². The summed E-state index contributed by atoms with van der Waals surface area (Å²) in [6.45, 7) is 19.4. The van der Waals surface area contributed by atoms with Crippen LogP contribution in [0, 0.1) is 10.8 Å². The van der Waals surface area contributed by atoms with Gasteiger partial charge in [-0.05, 0) is 94.1 Å². The number of halogens is 7. The molecular formula is C40H59ClF6N4O7. The monoisotopic (exact) mass is 856 g/mol. The molecule has 2 aromatic rings. The van der Waals surface area contributed by atoms with Gasteiger partial charge in [-0.2, -0.15) is 26.3 Å². The SMILES string of the molecule is C1CNC1.CCOC(=O)C(CC(C)(C)C)n1cc(CC=O)c(C(F)(F)F)cc1=O.CCOC(=O)C(CC(C)(C)C)n1cc(CCN2CCC2)c(C(F)(F)F)cc1=O.Cl. The quantitative estimate of drug-likeness (QED) is 0.126. The lowest BCUT2D eigenvalue weighted by Crippen LogP contribution is -2.39. The highest BCUT2D eigenvalue weighted by molar-refractivity contribution is 5.85. The maximum atomic E-state index is 13.5. The summed E-state index contributed by atoms with van der Waals surface area (Å²) in [7, 11) is 0. The van der Waals surface area contributed by atoms with E-state index in [0.29, 0.717) is 25.0 Å². The molecule has 18 heteroatoms. The van der Waals surface area contributed by atoms with Crippen molar-refractivity contribution in [1.82, 2.24) is 19.4 Å². The van der Waals surface area contributed by atoms with Gasteiger partial charge in [0.1, 0.15) is 18.4 Å². The minimum Gasteiger partial charge on any atom is -0.464 e. The largest absolute Gasteiger partial charge is 0.464 e. The number of aromatic nitrogens is 2. The fourth-order valence-corrected chi connectivity index (χ4v) is 5.94. The normalized spacial score (nSPS) is 15.4. The van der Waals surface area contributed by atoms with Gasteiger partial charge in [0.05, 0.1) is 24.3 Å². The van der Waals surface area contributed by atoms with E-state index >= 15 is 0 Å². The molecule has 2 atom stereocenters. The minimum absolute atomic E-state index is 0. The highest BCUT2D eigenvalue weighted by atomic mass is 35.5. The number of likely N-dealkylation sites (tertiary alicyclic amines) is 1. The lowest BCUT2D eigenvalue weighted by molar-refractivity contribution is -0.149. The number of hydrogen-bond donors (Lipinski definition) is 1. The third-order valence-electron chi connectivity index (χ3n) is 8.99. The van der Waals surface area contributed by atoms with E-state index in [-0.39, 0.29) is 66.8 Å². The third kappa shape index (κ3) is 16.9. The van der Waals surface area contributed by atoms with Crippen LogP contribution in [0.2, 0.25) is 0 Å². The highest BCUT2D eigenvalue weighted by Gasteiger charge is 2.38. The molecule has 0 radical (unpaired) electrons. The van der Waals surface area contributed by atoms with Crippen LogP contribution in [0.4, 0.5) is 26.3 Å². The summed E-state index contributed by atoms with van der Waals surface area (Å²) in [4.78, 5) is 62.3. The number of pyridine rings is 2. The summed E-state index contributed by atoms with van der Waals surface area (Å²) >= 11 is 0. The zero-order valence-electron chi connectivity index (χ0n) is 34.6. The third-order valence-corrected chi connectivity index (χ3v) is 8.99. The van der Waals surface area contributed by atoms with Crippen molar-refractivity contribution < 1.29 is 50.2 Å². The molecule has 0 amide bonds. The predicted octanol–water partition coefficient (Wildman–Crippen LogP) is 7.21. The van der Waals surface area contributed by atoms with Crippen molar-refractivity contribution in [1.29, 1.82) is 0 Å². The Kier molecular flexibility index (Phi) is 20.4. The molecular weight excluding hydrogens is 798 g/mol. The Morgan fingerprint density at radius 1 is 0.741 bits per heavy atom. The van der Waals surface area contributed by atoms with Crippen LogP contribution in [0.3, 0.4) is 0 Å². The van der Waals surface area contributed by atoms with Gasteiger partial charge < -0.3 is 33.6 Å². The maximum Gasteiger partial charge on any atom is 0.416 e.